The molecule has 3 heterocycles. The van der Waals surface area contributed by atoms with Gasteiger partial charge in [0.15, 0.2) is 20.5 Å². The number of ether oxygens (including phenoxy) is 1. The number of thioether (sulfide) groups is 2. The summed E-state index contributed by atoms with van der Waals surface area (Å²) in [4.78, 5) is 55.9. The molecule has 2 aliphatic rings. The van der Waals surface area contributed by atoms with Crippen molar-refractivity contribution in [2.24, 2.45) is 5.92 Å². The molecule has 2 fully saturated rings. The van der Waals surface area contributed by atoms with Crippen molar-refractivity contribution < 1.29 is 23.9 Å². The van der Waals surface area contributed by atoms with Crippen molar-refractivity contribution in [3.63, 3.8) is 0 Å². The largest absolute Gasteiger partial charge is 0.481 e. The van der Waals surface area contributed by atoms with Crippen LogP contribution in [0.25, 0.3) is 0 Å². The molecule has 2 saturated heterocycles. The van der Waals surface area contributed by atoms with Gasteiger partial charge in [0.25, 0.3) is 11.8 Å². The van der Waals surface area contributed by atoms with Gasteiger partial charge < -0.3 is 14.5 Å². The molecular weight excluding hydrogens is 428 g/mol. The molecule has 1 aromatic heterocycles. The van der Waals surface area contributed by atoms with Crippen LogP contribution in [0, 0.1) is 17.2 Å². The molecule has 11 heteroatoms. The molecule has 2 aliphatic heterocycles. The average Bonchev–Trinajstić information content (AvgIpc) is 3.04. The average molecular weight is 449 g/mol. The van der Waals surface area contributed by atoms with Crippen molar-refractivity contribution in [2.45, 2.75) is 36.6 Å². The lowest BCUT2D eigenvalue weighted by atomic mass is 9.95. The maximum absolute atomic E-state index is 13.5. The SMILES string of the molecule is COc1ccc(C2C(C#N)CC3(SC(C)=O)C(=O)N(C)C(SC(C)=O)C(=O)N23)cn1. The fourth-order valence-corrected chi connectivity index (χ4v) is 5.98. The van der Waals surface area contributed by atoms with Gasteiger partial charge in [0.05, 0.1) is 25.1 Å². The van der Waals surface area contributed by atoms with E-state index >= 15 is 0 Å². The number of nitriles is 1. The zero-order valence-electron chi connectivity index (χ0n) is 16.8. The molecule has 9 nitrogen and oxygen atoms in total. The Balaban J connectivity index is 2.17. The van der Waals surface area contributed by atoms with E-state index in [1.54, 1.807) is 12.1 Å². The van der Waals surface area contributed by atoms with Crippen molar-refractivity contribution in [3.05, 3.63) is 23.9 Å². The van der Waals surface area contributed by atoms with Crippen LogP contribution in [0.4, 0.5) is 0 Å². The van der Waals surface area contributed by atoms with Gasteiger partial charge in [-0.25, -0.2) is 4.98 Å². The van der Waals surface area contributed by atoms with Crippen molar-refractivity contribution in [3.8, 4) is 11.9 Å². The summed E-state index contributed by atoms with van der Waals surface area (Å²) in [5.41, 5.74) is 0.547. The molecule has 0 bridgehead atoms. The van der Waals surface area contributed by atoms with Crippen LogP contribution in [0.15, 0.2) is 18.3 Å². The van der Waals surface area contributed by atoms with Crippen LogP contribution in [-0.4, -0.2) is 61.2 Å². The topological polar surface area (TPSA) is 121 Å². The van der Waals surface area contributed by atoms with E-state index < -0.39 is 34.0 Å². The molecular formula is C19H20N4O5S2. The number of carbonyl (C=O) groups is 4. The molecule has 0 spiro atoms. The number of amides is 2. The maximum atomic E-state index is 13.5. The number of methoxy groups -OCH3 is 1. The van der Waals surface area contributed by atoms with E-state index in [2.05, 4.69) is 11.1 Å². The number of hydrogen-bond donors (Lipinski definition) is 0. The lowest BCUT2D eigenvalue weighted by Gasteiger charge is -2.48. The Bertz CT molecular complexity index is 947. The van der Waals surface area contributed by atoms with E-state index in [0.717, 1.165) is 23.5 Å². The minimum absolute atomic E-state index is 0.00316. The van der Waals surface area contributed by atoms with Crippen molar-refractivity contribution in [1.82, 2.24) is 14.8 Å². The van der Waals surface area contributed by atoms with Gasteiger partial charge in [-0.2, -0.15) is 5.26 Å². The molecule has 4 atom stereocenters. The van der Waals surface area contributed by atoms with Crippen LogP contribution in [-0.2, 0) is 19.2 Å². The Morgan fingerprint density at radius 2 is 2.00 bits per heavy atom. The first-order valence-electron chi connectivity index (χ1n) is 9.03. The Morgan fingerprint density at radius 3 is 2.50 bits per heavy atom. The summed E-state index contributed by atoms with van der Waals surface area (Å²) in [6, 6.07) is 4.68. The highest BCUT2D eigenvalue weighted by Gasteiger charge is 2.65. The number of aromatic nitrogens is 1. The fourth-order valence-electron chi connectivity index (χ4n) is 3.93. The van der Waals surface area contributed by atoms with Crippen LogP contribution in [0.1, 0.15) is 31.9 Å². The van der Waals surface area contributed by atoms with E-state index in [4.69, 9.17) is 4.74 Å². The summed E-state index contributed by atoms with van der Waals surface area (Å²) in [5, 5.41) is 8.09. The summed E-state index contributed by atoms with van der Waals surface area (Å²) in [6.07, 6.45) is 1.49. The quantitative estimate of drug-likeness (QED) is 0.675. The second kappa shape index (κ2) is 8.28. The smallest absolute Gasteiger partial charge is 0.260 e. The van der Waals surface area contributed by atoms with Crippen LogP contribution >= 0.6 is 23.5 Å². The van der Waals surface area contributed by atoms with Gasteiger partial charge in [0.1, 0.15) is 0 Å². The van der Waals surface area contributed by atoms with Crippen molar-refractivity contribution in [1.29, 1.82) is 5.26 Å². The van der Waals surface area contributed by atoms with Crippen molar-refractivity contribution >= 4 is 45.6 Å². The van der Waals surface area contributed by atoms with E-state index in [9.17, 15) is 24.4 Å². The highest BCUT2D eigenvalue weighted by Crippen LogP contribution is 2.55. The van der Waals surface area contributed by atoms with Gasteiger partial charge in [-0.05, 0) is 17.3 Å². The molecule has 158 valence electrons. The standard InChI is InChI=1S/C19H20N4O5S2/c1-10(24)29-17-16(26)23-15(12-5-6-14(28-4)21-9-12)13(8-20)7-19(23,30-11(2)25)18(27)22(17)3/h5-6,9,13,15,17H,7H2,1-4H3. The number of pyridine rings is 1. The van der Waals surface area contributed by atoms with Crippen LogP contribution in [0.2, 0.25) is 0 Å². The molecule has 2 amide bonds. The molecule has 0 radical (unpaired) electrons. The minimum atomic E-state index is -1.55. The molecule has 0 aromatic carbocycles. The third-order valence-corrected chi connectivity index (χ3v) is 7.30. The van der Waals surface area contributed by atoms with E-state index in [1.807, 2.05) is 0 Å². The molecule has 3 rings (SSSR count). The van der Waals surface area contributed by atoms with E-state index in [-0.39, 0.29) is 16.7 Å². The number of hydrogen-bond acceptors (Lipinski definition) is 9. The molecule has 0 N–H and O–H groups in total. The third-order valence-electron chi connectivity index (χ3n) is 5.07. The Labute approximate surface area is 182 Å². The van der Waals surface area contributed by atoms with Gasteiger partial charge in [0, 0.05) is 39.6 Å². The lowest BCUT2D eigenvalue weighted by molar-refractivity contribution is -0.158. The summed E-state index contributed by atoms with van der Waals surface area (Å²) in [6.45, 7) is 2.63. The Hall–Kier alpha value is -2.58. The minimum Gasteiger partial charge on any atom is -0.481 e. The van der Waals surface area contributed by atoms with E-state index in [0.29, 0.717) is 11.4 Å². The number of nitrogens with zero attached hydrogens (tertiary/aromatic N) is 4. The number of rotatable bonds is 4. The molecule has 30 heavy (non-hydrogen) atoms. The van der Waals surface area contributed by atoms with Gasteiger partial charge in [-0.3, -0.25) is 19.2 Å². The summed E-state index contributed by atoms with van der Waals surface area (Å²) in [5.74, 6) is -1.36. The lowest BCUT2D eigenvalue weighted by Crippen LogP contribution is -2.66. The number of carbonyl (C=O) groups excluding carboxylic acids is 4. The first-order chi connectivity index (χ1) is 14.2. The fraction of sp³-hybridized carbons (Fsp3) is 0.474. The maximum Gasteiger partial charge on any atom is 0.260 e. The van der Waals surface area contributed by atoms with Gasteiger partial charge in [0.2, 0.25) is 5.88 Å². The highest BCUT2D eigenvalue weighted by atomic mass is 32.2. The summed E-state index contributed by atoms with van der Waals surface area (Å²) >= 11 is 1.48. The number of fused-ring (bicyclic) bond motifs is 1. The molecule has 4 unspecified atom stereocenters. The Kier molecular flexibility index (Phi) is 6.10. The van der Waals surface area contributed by atoms with E-state index in [1.165, 1.54) is 44.0 Å². The van der Waals surface area contributed by atoms with Crippen LogP contribution in [0.3, 0.4) is 0 Å². The second-order valence-electron chi connectivity index (χ2n) is 6.98. The Morgan fingerprint density at radius 1 is 1.30 bits per heavy atom. The molecule has 0 saturated carbocycles. The second-order valence-corrected chi connectivity index (χ2v) is 9.69. The van der Waals surface area contributed by atoms with Crippen LogP contribution < -0.4 is 4.74 Å². The molecule has 0 aliphatic carbocycles. The number of piperazine rings is 1. The molecule has 1 aromatic rings. The number of likely N-dealkylation sites (N-methyl/N-ethyl adjacent to an activating group) is 1. The summed E-state index contributed by atoms with van der Waals surface area (Å²) < 4.78 is 5.07. The van der Waals surface area contributed by atoms with Crippen LogP contribution in [0.5, 0.6) is 5.88 Å². The first kappa shape index (κ1) is 22.1. The highest BCUT2D eigenvalue weighted by molar-refractivity contribution is 8.15. The zero-order chi connectivity index (χ0) is 22.2. The van der Waals surface area contributed by atoms with Gasteiger partial charge >= 0.3 is 0 Å². The zero-order valence-corrected chi connectivity index (χ0v) is 18.5. The van der Waals surface area contributed by atoms with Crippen molar-refractivity contribution in [2.75, 3.05) is 14.2 Å². The van der Waals surface area contributed by atoms with Gasteiger partial charge in [-0.15, -0.1) is 0 Å². The monoisotopic (exact) mass is 448 g/mol. The predicted octanol–water partition coefficient (Wildman–Crippen LogP) is 1.56. The normalized spacial score (nSPS) is 28.2. The summed E-state index contributed by atoms with van der Waals surface area (Å²) in [7, 11) is 2.90. The first-order valence-corrected chi connectivity index (χ1v) is 10.7. The third kappa shape index (κ3) is 3.54. The van der Waals surface area contributed by atoms with Gasteiger partial charge in [-0.1, -0.05) is 17.8 Å². The predicted molar refractivity (Wildman–Crippen MR) is 110 cm³/mol.